The van der Waals surface area contributed by atoms with Crippen LogP contribution in [-0.4, -0.2) is 55.8 Å². The smallest absolute Gasteiger partial charge is 0.256 e. The number of amides is 1. The minimum Gasteiger partial charge on any atom is -0.454 e. The van der Waals surface area contributed by atoms with Crippen LogP contribution in [-0.2, 0) is 16.1 Å². The van der Waals surface area contributed by atoms with E-state index in [4.69, 9.17) is 14.2 Å². The zero-order valence-electron chi connectivity index (χ0n) is 16.9. The van der Waals surface area contributed by atoms with Gasteiger partial charge in [0, 0.05) is 32.3 Å². The summed E-state index contributed by atoms with van der Waals surface area (Å²) in [6, 6.07) is 15.5. The second-order valence-corrected chi connectivity index (χ2v) is 7.49. The van der Waals surface area contributed by atoms with Crippen molar-refractivity contribution in [2.24, 2.45) is 0 Å². The maximum absolute atomic E-state index is 13.5. The molecular formula is C23H28N2O4. The van der Waals surface area contributed by atoms with Gasteiger partial charge in [0.05, 0.1) is 0 Å². The summed E-state index contributed by atoms with van der Waals surface area (Å²) < 4.78 is 16.8. The van der Waals surface area contributed by atoms with Crippen LogP contribution in [0.2, 0.25) is 0 Å². The van der Waals surface area contributed by atoms with Crippen LogP contribution in [0.5, 0.6) is 11.5 Å². The fourth-order valence-electron chi connectivity index (χ4n) is 4.03. The Kier molecular flexibility index (Phi) is 6.32. The highest BCUT2D eigenvalue weighted by Crippen LogP contribution is 2.36. The van der Waals surface area contributed by atoms with Crippen molar-refractivity contribution in [2.75, 3.05) is 40.1 Å². The van der Waals surface area contributed by atoms with Crippen molar-refractivity contribution >= 4 is 5.91 Å². The molecule has 0 bridgehead atoms. The molecule has 1 amide bonds. The number of rotatable bonds is 8. The van der Waals surface area contributed by atoms with E-state index in [1.807, 2.05) is 53.4 Å². The van der Waals surface area contributed by atoms with Crippen molar-refractivity contribution in [1.29, 1.82) is 0 Å². The topological polar surface area (TPSA) is 51.2 Å². The van der Waals surface area contributed by atoms with E-state index in [1.165, 1.54) is 12.8 Å². The van der Waals surface area contributed by atoms with Gasteiger partial charge >= 0.3 is 0 Å². The molecule has 6 nitrogen and oxygen atoms in total. The van der Waals surface area contributed by atoms with Crippen LogP contribution in [0.15, 0.2) is 48.5 Å². The SMILES string of the molecule is COC(C(=O)N(CCN1CCCC1)Cc1cccc2c1OCO2)c1ccccc1. The van der Waals surface area contributed by atoms with E-state index in [2.05, 4.69) is 4.90 Å². The van der Waals surface area contributed by atoms with Crippen LogP contribution in [0.4, 0.5) is 0 Å². The Bertz CT molecular complexity index is 821. The standard InChI is InChI=1S/C23H28N2O4/c1-27-22(18-8-3-2-4-9-18)23(26)25(15-14-24-12-5-6-13-24)16-19-10-7-11-20-21(19)29-17-28-20/h2-4,7-11,22H,5-6,12-17H2,1H3. The van der Waals surface area contributed by atoms with Crippen LogP contribution in [0, 0.1) is 0 Å². The largest absolute Gasteiger partial charge is 0.454 e. The molecule has 0 aliphatic carbocycles. The molecule has 154 valence electrons. The molecule has 2 heterocycles. The lowest BCUT2D eigenvalue weighted by atomic mass is 10.1. The van der Waals surface area contributed by atoms with Gasteiger partial charge in [-0.2, -0.15) is 0 Å². The Hall–Kier alpha value is -2.57. The van der Waals surface area contributed by atoms with E-state index in [0.717, 1.165) is 42.3 Å². The van der Waals surface area contributed by atoms with Crippen molar-refractivity contribution in [2.45, 2.75) is 25.5 Å². The average Bonchev–Trinajstić information content (AvgIpc) is 3.44. The number of likely N-dealkylation sites (tertiary alicyclic amines) is 1. The van der Waals surface area contributed by atoms with Gasteiger partial charge in [-0.25, -0.2) is 0 Å². The van der Waals surface area contributed by atoms with Crippen LogP contribution in [0.1, 0.15) is 30.1 Å². The van der Waals surface area contributed by atoms with E-state index in [1.54, 1.807) is 7.11 Å². The summed E-state index contributed by atoms with van der Waals surface area (Å²) in [5.41, 5.74) is 1.82. The fraction of sp³-hybridized carbons (Fsp3) is 0.435. The van der Waals surface area contributed by atoms with E-state index in [-0.39, 0.29) is 12.7 Å². The lowest BCUT2D eigenvalue weighted by molar-refractivity contribution is -0.143. The minimum absolute atomic E-state index is 0.0329. The molecule has 1 unspecified atom stereocenters. The zero-order chi connectivity index (χ0) is 20.1. The molecule has 6 heteroatoms. The highest BCUT2D eigenvalue weighted by molar-refractivity contribution is 5.82. The summed E-state index contributed by atoms with van der Waals surface area (Å²) in [6.45, 7) is 4.41. The number of ether oxygens (including phenoxy) is 3. The van der Waals surface area contributed by atoms with Gasteiger partial charge in [0.25, 0.3) is 5.91 Å². The Balaban J connectivity index is 1.55. The van der Waals surface area contributed by atoms with Gasteiger partial charge in [-0.15, -0.1) is 0 Å². The zero-order valence-corrected chi connectivity index (χ0v) is 16.9. The molecule has 0 aromatic heterocycles. The van der Waals surface area contributed by atoms with Crippen LogP contribution >= 0.6 is 0 Å². The lowest BCUT2D eigenvalue weighted by Crippen LogP contribution is -2.40. The van der Waals surface area contributed by atoms with Gasteiger partial charge in [0.15, 0.2) is 17.6 Å². The number of para-hydroxylation sites is 1. The molecule has 2 aromatic rings. The van der Waals surface area contributed by atoms with Crippen LogP contribution in [0.3, 0.4) is 0 Å². The third kappa shape index (κ3) is 4.54. The molecule has 1 saturated heterocycles. The van der Waals surface area contributed by atoms with E-state index in [0.29, 0.717) is 13.1 Å². The second-order valence-electron chi connectivity index (χ2n) is 7.49. The normalized spacial score (nSPS) is 16.7. The highest BCUT2D eigenvalue weighted by atomic mass is 16.7. The highest BCUT2D eigenvalue weighted by Gasteiger charge is 2.28. The minimum atomic E-state index is -0.622. The molecule has 0 radical (unpaired) electrons. The summed E-state index contributed by atoms with van der Waals surface area (Å²) in [7, 11) is 1.59. The number of carbonyl (C=O) groups is 1. The fourth-order valence-corrected chi connectivity index (χ4v) is 4.03. The third-order valence-electron chi connectivity index (χ3n) is 5.60. The van der Waals surface area contributed by atoms with Crippen molar-refractivity contribution in [3.05, 3.63) is 59.7 Å². The van der Waals surface area contributed by atoms with Gasteiger partial charge in [-0.05, 0) is 37.6 Å². The Morgan fingerprint density at radius 3 is 2.66 bits per heavy atom. The second kappa shape index (κ2) is 9.29. The molecule has 2 aliphatic heterocycles. The van der Waals surface area contributed by atoms with Crippen molar-refractivity contribution < 1.29 is 19.0 Å². The Morgan fingerprint density at radius 1 is 1.10 bits per heavy atom. The van der Waals surface area contributed by atoms with E-state index < -0.39 is 6.10 Å². The number of nitrogens with zero attached hydrogens (tertiary/aromatic N) is 2. The molecule has 29 heavy (non-hydrogen) atoms. The predicted molar refractivity (Wildman–Crippen MR) is 110 cm³/mol. The summed E-state index contributed by atoms with van der Waals surface area (Å²) in [6.07, 6.45) is 1.84. The summed E-state index contributed by atoms with van der Waals surface area (Å²) >= 11 is 0. The molecule has 0 spiro atoms. The molecule has 0 saturated carbocycles. The molecular weight excluding hydrogens is 368 g/mol. The Labute approximate surface area is 172 Å². The first-order valence-electron chi connectivity index (χ1n) is 10.2. The first-order valence-corrected chi connectivity index (χ1v) is 10.2. The number of carbonyl (C=O) groups excluding carboxylic acids is 1. The predicted octanol–water partition coefficient (Wildman–Crippen LogP) is 3.23. The number of benzene rings is 2. The van der Waals surface area contributed by atoms with Gasteiger partial charge in [0.2, 0.25) is 6.79 Å². The monoisotopic (exact) mass is 396 g/mol. The summed E-state index contributed by atoms with van der Waals surface area (Å²) in [5.74, 6) is 1.44. The summed E-state index contributed by atoms with van der Waals surface area (Å²) in [4.78, 5) is 17.8. The van der Waals surface area contributed by atoms with Gasteiger partial charge < -0.3 is 24.0 Å². The lowest BCUT2D eigenvalue weighted by Gasteiger charge is -2.29. The molecule has 0 N–H and O–H groups in total. The quantitative estimate of drug-likeness (QED) is 0.686. The summed E-state index contributed by atoms with van der Waals surface area (Å²) in [5, 5.41) is 0. The van der Waals surface area contributed by atoms with E-state index >= 15 is 0 Å². The Morgan fingerprint density at radius 2 is 1.90 bits per heavy atom. The van der Waals surface area contributed by atoms with Crippen molar-refractivity contribution in [3.63, 3.8) is 0 Å². The maximum atomic E-state index is 13.5. The first-order chi connectivity index (χ1) is 14.3. The average molecular weight is 396 g/mol. The maximum Gasteiger partial charge on any atom is 0.256 e. The first kappa shape index (κ1) is 19.7. The third-order valence-corrected chi connectivity index (χ3v) is 5.60. The van der Waals surface area contributed by atoms with Crippen molar-refractivity contribution in [1.82, 2.24) is 9.80 Å². The molecule has 2 aromatic carbocycles. The number of hydrogen-bond donors (Lipinski definition) is 0. The van der Waals surface area contributed by atoms with Gasteiger partial charge in [-0.3, -0.25) is 4.79 Å². The number of hydrogen-bond acceptors (Lipinski definition) is 5. The van der Waals surface area contributed by atoms with Gasteiger partial charge in [-0.1, -0.05) is 42.5 Å². The molecule has 4 rings (SSSR count). The van der Waals surface area contributed by atoms with E-state index in [9.17, 15) is 4.79 Å². The number of fused-ring (bicyclic) bond motifs is 1. The van der Waals surface area contributed by atoms with Crippen molar-refractivity contribution in [3.8, 4) is 11.5 Å². The van der Waals surface area contributed by atoms with Crippen LogP contribution in [0.25, 0.3) is 0 Å². The number of methoxy groups -OCH3 is 1. The van der Waals surface area contributed by atoms with Crippen LogP contribution < -0.4 is 9.47 Å². The molecule has 1 fully saturated rings. The molecule has 1 atom stereocenters. The van der Waals surface area contributed by atoms with Gasteiger partial charge in [0.1, 0.15) is 0 Å². The molecule has 2 aliphatic rings.